The van der Waals surface area contributed by atoms with Gasteiger partial charge in [-0.05, 0) is 24.3 Å². The number of benzene rings is 1. The number of anilines is 1. The summed E-state index contributed by atoms with van der Waals surface area (Å²) in [6.45, 7) is 0.269. The Morgan fingerprint density at radius 1 is 1.34 bits per heavy atom. The van der Waals surface area contributed by atoms with Crippen molar-refractivity contribution in [2.45, 2.75) is 30.9 Å². The highest BCUT2D eigenvalue weighted by Crippen LogP contribution is 2.37. The Morgan fingerprint density at radius 2 is 2.12 bits per heavy atom. The first kappa shape index (κ1) is 21.8. The summed E-state index contributed by atoms with van der Waals surface area (Å²) in [4.78, 5) is 30.2. The summed E-state index contributed by atoms with van der Waals surface area (Å²) in [5.74, 6) is -2.81. The number of amides is 1. The van der Waals surface area contributed by atoms with E-state index in [1.807, 2.05) is 0 Å². The lowest BCUT2D eigenvalue weighted by Crippen LogP contribution is -2.61. The third-order valence-corrected chi connectivity index (χ3v) is 5.71. The molecule has 2 aliphatic heterocycles. The molecule has 0 aliphatic carbocycles. The van der Waals surface area contributed by atoms with Gasteiger partial charge in [0.15, 0.2) is 11.6 Å². The van der Waals surface area contributed by atoms with E-state index in [9.17, 15) is 27.2 Å². The molecule has 2 aromatic rings. The second kappa shape index (κ2) is 8.29. The van der Waals surface area contributed by atoms with Gasteiger partial charge in [0, 0.05) is 31.5 Å². The van der Waals surface area contributed by atoms with Gasteiger partial charge in [-0.25, -0.2) is 27.2 Å². The molecule has 32 heavy (non-hydrogen) atoms. The molecule has 2 atom stereocenters. The number of carbonyl (C=O) groups is 2. The van der Waals surface area contributed by atoms with Crippen LogP contribution in [0.4, 0.5) is 28.0 Å². The summed E-state index contributed by atoms with van der Waals surface area (Å²) in [7, 11) is 1.18. The predicted molar refractivity (Wildman–Crippen MR) is 105 cm³/mol. The topological polar surface area (TPSA) is 80.8 Å². The highest BCUT2D eigenvalue weighted by molar-refractivity contribution is 5.97. The summed E-state index contributed by atoms with van der Waals surface area (Å²) in [6.07, 6.45) is -3.19. The van der Waals surface area contributed by atoms with Gasteiger partial charge in [-0.2, -0.15) is 0 Å². The van der Waals surface area contributed by atoms with Crippen LogP contribution in [0, 0.1) is 11.6 Å². The first-order valence-corrected chi connectivity index (χ1v) is 9.78. The minimum absolute atomic E-state index is 0.0378. The Kier molecular flexibility index (Phi) is 5.66. The summed E-state index contributed by atoms with van der Waals surface area (Å²) >= 11 is 0. The molecular formula is C21H19F4N3O4. The normalized spacial score (nSPS) is 22.4. The maximum absolute atomic E-state index is 13.7. The number of carbonyl (C=O) groups excluding carboxylic acids is 2. The van der Waals surface area contributed by atoms with Crippen molar-refractivity contribution < 1.29 is 36.6 Å². The Morgan fingerprint density at radius 3 is 2.81 bits per heavy atom. The SMILES string of the molecule is COC(=O)c1cc(-c2ccc(F)c(F)c2)ncc1N1CCC2OC(=O)NC2(CC(F)F)C1. The van der Waals surface area contributed by atoms with Gasteiger partial charge >= 0.3 is 12.1 Å². The number of aromatic nitrogens is 1. The number of rotatable bonds is 5. The quantitative estimate of drug-likeness (QED) is 0.551. The molecule has 2 fully saturated rings. The predicted octanol–water partition coefficient (Wildman–Crippen LogP) is 3.53. The molecule has 2 unspecified atom stereocenters. The molecule has 1 amide bonds. The fraction of sp³-hybridized carbons (Fsp3) is 0.381. The van der Waals surface area contributed by atoms with Crippen LogP contribution >= 0.6 is 0 Å². The van der Waals surface area contributed by atoms with Crippen molar-refractivity contribution in [2.24, 2.45) is 0 Å². The van der Waals surface area contributed by atoms with Crippen LogP contribution in [-0.4, -0.2) is 55.3 Å². The standard InChI is InChI=1S/C21H19F4N3O4/c1-31-19(29)12-7-15(11-2-3-13(22)14(23)6-11)26-9-16(12)28-5-4-17-21(10-28,8-18(24)25)27-20(30)32-17/h2-3,6-7,9,17-18H,4-5,8,10H2,1H3,(H,27,30). The molecule has 4 rings (SSSR count). The molecule has 1 aromatic heterocycles. The fourth-order valence-electron chi connectivity index (χ4n) is 4.24. The average molecular weight is 453 g/mol. The van der Waals surface area contributed by atoms with Crippen molar-refractivity contribution in [3.05, 3.63) is 47.7 Å². The smallest absolute Gasteiger partial charge is 0.408 e. The number of piperidine rings is 1. The second-order valence-electron chi connectivity index (χ2n) is 7.69. The summed E-state index contributed by atoms with van der Waals surface area (Å²) in [5, 5.41) is 2.52. The van der Waals surface area contributed by atoms with Gasteiger partial charge < -0.3 is 19.7 Å². The maximum atomic E-state index is 13.7. The number of halogens is 4. The molecule has 2 aliphatic rings. The number of fused-ring (bicyclic) bond motifs is 1. The number of pyridine rings is 1. The maximum Gasteiger partial charge on any atom is 0.408 e. The van der Waals surface area contributed by atoms with E-state index >= 15 is 0 Å². The van der Waals surface area contributed by atoms with E-state index in [1.165, 1.54) is 25.4 Å². The Bertz CT molecular complexity index is 1070. The van der Waals surface area contributed by atoms with Crippen LogP contribution in [0.3, 0.4) is 0 Å². The number of alkyl carbamates (subject to hydrolysis) is 1. The van der Waals surface area contributed by atoms with Gasteiger partial charge in [0.2, 0.25) is 6.43 Å². The van der Waals surface area contributed by atoms with Crippen LogP contribution in [0.25, 0.3) is 11.3 Å². The zero-order chi connectivity index (χ0) is 23.0. The van der Waals surface area contributed by atoms with Crippen LogP contribution in [-0.2, 0) is 9.47 Å². The van der Waals surface area contributed by atoms with Crippen LogP contribution in [0.2, 0.25) is 0 Å². The molecule has 1 N–H and O–H groups in total. The number of ether oxygens (including phenoxy) is 2. The van der Waals surface area contributed by atoms with E-state index in [0.29, 0.717) is 12.2 Å². The molecule has 2 saturated heterocycles. The lowest BCUT2D eigenvalue weighted by molar-refractivity contribution is 0.0428. The highest BCUT2D eigenvalue weighted by Gasteiger charge is 2.53. The number of methoxy groups -OCH3 is 1. The summed E-state index contributed by atoms with van der Waals surface area (Å²) < 4.78 is 63.6. The van der Waals surface area contributed by atoms with E-state index in [0.717, 1.165) is 12.1 Å². The van der Waals surface area contributed by atoms with E-state index < -0.39 is 48.2 Å². The van der Waals surface area contributed by atoms with E-state index in [2.05, 4.69) is 10.3 Å². The number of nitrogens with zero attached hydrogens (tertiary/aromatic N) is 2. The number of hydrogen-bond donors (Lipinski definition) is 1. The molecule has 170 valence electrons. The van der Waals surface area contributed by atoms with Crippen molar-refractivity contribution in [2.75, 3.05) is 25.1 Å². The van der Waals surface area contributed by atoms with Crippen molar-refractivity contribution in [1.29, 1.82) is 0 Å². The van der Waals surface area contributed by atoms with E-state index in [4.69, 9.17) is 9.47 Å². The largest absolute Gasteiger partial charge is 0.465 e. The molecule has 7 nitrogen and oxygen atoms in total. The first-order valence-electron chi connectivity index (χ1n) is 9.78. The zero-order valence-electron chi connectivity index (χ0n) is 16.9. The number of hydrogen-bond acceptors (Lipinski definition) is 6. The molecule has 11 heteroatoms. The molecular weight excluding hydrogens is 434 g/mol. The zero-order valence-corrected chi connectivity index (χ0v) is 16.9. The van der Waals surface area contributed by atoms with Gasteiger partial charge in [0.25, 0.3) is 0 Å². The Balaban J connectivity index is 1.71. The molecule has 0 bridgehead atoms. The van der Waals surface area contributed by atoms with Gasteiger partial charge in [-0.1, -0.05) is 0 Å². The molecule has 3 heterocycles. The lowest BCUT2D eigenvalue weighted by Gasteiger charge is -2.43. The monoisotopic (exact) mass is 453 g/mol. The number of nitrogens with one attached hydrogen (secondary N) is 1. The Labute approximate surface area is 180 Å². The van der Waals surface area contributed by atoms with Gasteiger partial charge in [-0.3, -0.25) is 4.98 Å². The second-order valence-corrected chi connectivity index (χ2v) is 7.69. The van der Waals surface area contributed by atoms with Crippen LogP contribution in [0.5, 0.6) is 0 Å². The summed E-state index contributed by atoms with van der Waals surface area (Å²) in [5.41, 5.74) is -0.516. The van der Waals surface area contributed by atoms with Crippen molar-refractivity contribution in [1.82, 2.24) is 10.3 Å². The molecule has 0 radical (unpaired) electrons. The van der Waals surface area contributed by atoms with Gasteiger partial charge in [0.05, 0.1) is 30.3 Å². The fourth-order valence-corrected chi connectivity index (χ4v) is 4.24. The average Bonchev–Trinajstić information content (AvgIpc) is 3.08. The first-order chi connectivity index (χ1) is 15.2. The van der Waals surface area contributed by atoms with Crippen molar-refractivity contribution in [3.8, 4) is 11.3 Å². The minimum atomic E-state index is -2.69. The van der Waals surface area contributed by atoms with Crippen LogP contribution in [0.1, 0.15) is 23.2 Å². The van der Waals surface area contributed by atoms with E-state index in [-0.39, 0.29) is 29.8 Å². The van der Waals surface area contributed by atoms with E-state index in [1.54, 1.807) is 4.90 Å². The van der Waals surface area contributed by atoms with Crippen LogP contribution < -0.4 is 10.2 Å². The highest BCUT2D eigenvalue weighted by atomic mass is 19.3. The third-order valence-electron chi connectivity index (χ3n) is 5.71. The lowest BCUT2D eigenvalue weighted by atomic mass is 9.83. The molecule has 0 saturated carbocycles. The number of alkyl halides is 2. The Hall–Kier alpha value is -3.37. The van der Waals surface area contributed by atoms with Crippen LogP contribution in [0.15, 0.2) is 30.5 Å². The van der Waals surface area contributed by atoms with Crippen molar-refractivity contribution >= 4 is 17.7 Å². The van der Waals surface area contributed by atoms with Crippen molar-refractivity contribution in [3.63, 3.8) is 0 Å². The van der Waals surface area contributed by atoms with Gasteiger partial charge in [0.1, 0.15) is 11.6 Å². The summed E-state index contributed by atoms with van der Waals surface area (Å²) in [6, 6.07) is 4.58. The van der Waals surface area contributed by atoms with Gasteiger partial charge in [-0.15, -0.1) is 0 Å². The molecule has 0 spiro atoms. The number of esters is 1. The third kappa shape index (κ3) is 3.94. The molecule has 1 aromatic carbocycles. The minimum Gasteiger partial charge on any atom is -0.465 e.